The first-order valence-corrected chi connectivity index (χ1v) is 6.87. The predicted octanol–water partition coefficient (Wildman–Crippen LogP) is 4.72. The zero-order valence-corrected chi connectivity index (χ0v) is 12.1. The molecule has 1 N–H and O–H groups in total. The molecule has 0 bridgehead atoms. The number of thiophene rings is 1. The molecule has 0 atom stereocenters. The highest BCUT2D eigenvalue weighted by atomic mass is 79.9. The second-order valence-electron chi connectivity index (χ2n) is 3.58. The maximum absolute atomic E-state index is 11.9. The standard InChI is InChI=1S/C12H9BrClNOS/c1-7-4-8(13)6-9(5-7)15-12(16)10-2-3-11(14)17-10/h2-6H,1H3,(H,15,16). The Morgan fingerprint density at radius 1 is 1.35 bits per heavy atom. The highest BCUT2D eigenvalue weighted by Gasteiger charge is 2.09. The second-order valence-corrected chi connectivity index (χ2v) is 6.21. The SMILES string of the molecule is Cc1cc(Br)cc(NC(=O)c2ccc(Cl)s2)c1. The zero-order chi connectivity index (χ0) is 12.4. The number of hydrogen-bond donors (Lipinski definition) is 1. The summed E-state index contributed by atoms with van der Waals surface area (Å²) in [5.41, 5.74) is 1.85. The molecule has 17 heavy (non-hydrogen) atoms. The van der Waals surface area contributed by atoms with Gasteiger partial charge in [0.25, 0.3) is 5.91 Å². The lowest BCUT2D eigenvalue weighted by molar-refractivity contribution is 0.103. The van der Waals surface area contributed by atoms with Gasteiger partial charge in [0.05, 0.1) is 9.21 Å². The first-order valence-electron chi connectivity index (χ1n) is 4.88. The third kappa shape index (κ3) is 3.31. The molecular formula is C12H9BrClNOS. The summed E-state index contributed by atoms with van der Waals surface area (Å²) in [6, 6.07) is 9.19. The fraction of sp³-hybridized carbons (Fsp3) is 0.0833. The van der Waals surface area contributed by atoms with E-state index in [-0.39, 0.29) is 5.91 Å². The third-order valence-corrected chi connectivity index (χ3v) is 3.78. The molecule has 0 aliphatic heterocycles. The predicted molar refractivity (Wildman–Crippen MR) is 76.2 cm³/mol. The lowest BCUT2D eigenvalue weighted by atomic mass is 10.2. The molecular weight excluding hydrogens is 322 g/mol. The molecule has 1 amide bonds. The van der Waals surface area contributed by atoms with Crippen molar-refractivity contribution in [3.8, 4) is 0 Å². The van der Waals surface area contributed by atoms with Crippen molar-refractivity contribution in [1.82, 2.24) is 0 Å². The van der Waals surface area contributed by atoms with Crippen LogP contribution in [0.15, 0.2) is 34.8 Å². The van der Waals surface area contributed by atoms with E-state index >= 15 is 0 Å². The molecule has 1 heterocycles. The van der Waals surface area contributed by atoms with Crippen LogP contribution in [0.1, 0.15) is 15.2 Å². The Hall–Kier alpha value is -0.840. The lowest BCUT2D eigenvalue weighted by Gasteiger charge is -2.05. The molecule has 0 unspecified atom stereocenters. The van der Waals surface area contributed by atoms with Crippen LogP contribution in [-0.4, -0.2) is 5.91 Å². The summed E-state index contributed by atoms with van der Waals surface area (Å²) in [6.07, 6.45) is 0. The highest BCUT2D eigenvalue weighted by Crippen LogP contribution is 2.24. The van der Waals surface area contributed by atoms with Crippen molar-refractivity contribution in [2.45, 2.75) is 6.92 Å². The van der Waals surface area contributed by atoms with Gasteiger partial charge in [-0.2, -0.15) is 0 Å². The molecule has 0 aliphatic carbocycles. The Balaban J connectivity index is 2.18. The summed E-state index contributed by atoms with van der Waals surface area (Å²) in [5.74, 6) is -0.139. The molecule has 0 radical (unpaired) electrons. The Kier molecular flexibility index (Phi) is 3.86. The number of anilines is 1. The number of carbonyl (C=O) groups excluding carboxylic acids is 1. The van der Waals surface area contributed by atoms with Crippen LogP contribution in [-0.2, 0) is 0 Å². The molecule has 0 saturated carbocycles. The average Bonchev–Trinajstić information content (AvgIpc) is 2.63. The quantitative estimate of drug-likeness (QED) is 0.847. The van der Waals surface area contributed by atoms with Crippen LogP contribution < -0.4 is 5.32 Å². The Morgan fingerprint density at radius 3 is 2.71 bits per heavy atom. The van der Waals surface area contributed by atoms with Crippen molar-refractivity contribution < 1.29 is 4.79 Å². The van der Waals surface area contributed by atoms with E-state index in [1.807, 2.05) is 25.1 Å². The van der Waals surface area contributed by atoms with Gasteiger partial charge < -0.3 is 5.32 Å². The zero-order valence-electron chi connectivity index (χ0n) is 8.96. The molecule has 5 heteroatoms. The molecule has 0 aliphatic rings. The van der Waals surface area contributed by atoms with E-state index in [4.69, 9.17) is 11.6 Å². The molecule has 1 aromatic heterocycles. The van der Waals surface area contributed by atoms with Crippen molar-refractivity contribution in [1.29, 1.82) is 0 Å². The highest BCUT2D eigenvalue weighted by molar-refractivity contribution is 9.10. The number of benzene rings is 1. The van der Waals surface area contributed by atoms with Crippen molar-refractivity contribution in [3.63, 3.8) is 0 Å². The van der Waals surface area contributed by atoms with Gasteiger partial charge in [0, 0.05) is 10.2 Å². The lowest BCUT2D eigenvalue weighted by Crippen LogP contribution is -2.10. The van der Waals surface area contributed by atoms with E-state index < -0.39 is 0 Å². The fourth-order valence-electron chi connectivity index (χ4n) is 1.44. The summed E-state index contributed by atoms with van der Waals surface area (Å²) in [5, 5.41) is 2.84. The van der Waals surface area contributed by atoms with Crippen LogP contribution in [0.4, 0.5) is 5.69 Å². The van der Waals surface area contributed by atoms with Crippen LogP contribution in [0.5, 0.6) is 0 Å². The monoisotopic (exact) mass is 329 g/mol. The van der Waals surface area contributed by atoms with Gasteiger partial charge in [0.2, 0.25) is 0 Å². The number of nitrogens with one attached hydrogen (secondary N) is 1. The van der Waals surface area contributed by atoms with Crippen molar-refractivity contribution in [2.75, 3.05) is 5.32 Å². The smallest absolute Gasteiger partial charge is 0.265 e. The molecule has 0 saturated heterocycles. The first kappa shape index (κ1) is 12.6. The van der Waals surface area contributed by atoms with Gasteiger partial charge in [0.1, 0.15) is 0 Å². The summed E-state index contributed by atoms with van der Waals surface area (Å²) in [7, 11) is 0. The summed E-state index contributed by atoms with van der Waals surface area (Å²) >= 11 is 10.4. The summed E-state index contributed by atoms with van der Waals surface area (Å²) in [6.45, 7) is 1.97. The number of hydrogen-bond acceptors (Lipinski definition) is 2. The van der Waals surface area contributed by atoms with E-state index in [9.17, 15) is 4.79 Å². The normalized spacial score (nSPS) is 10.3. The molecule has 2 rings (SSSR count). The second kappa shape index (κ2) is 5.21. The molecule has 1 aromatic carbocycles. The topological polar surface area (TPSA) is 29.1 Å². The molecule has 2 aromatic rings. The van der Waals surface area contributed by atoms with E-state index in [1.165, 1.54) is 11.3 Å². The van der Waals surface area contributed by atoms with Crippen LogP contribution in [0.25, 0.3) is 0 Å². The van der Waals surface area contributed by atoms with Gasteiger partial charge in [-0.3, -0.25) is 4.79 Å². The van der Waals surface area contributed by atoms with Crippen LogP contribution in [0.2, 0.25) is 4.34 Å². The maximum Gasteiger partial charge on any atom is 0.265 e. The third-order valence-electron chi connectivity index (χ3n) is 2.10. The molecule has 0 spiro atoms. The van der Waals surface area contributed by atoms with E-state index in [0.29, 0.717) is 9.21 Å². The van der Waals surface area contributed by atoms with Gasteiger partial charge in [-0.1, -0.05) is 27.5 Å². The van der Waals surface area contributed by atoms with E-state index in [2.05, 4.69) is 21.2 Å². The van der Waals surface area contributed by atoms with Crippen LogP contribution in [0.3, 0.4) is 0 Å². The van der Waals surface area contributed by atoms with Crippen molar-refractivity contribution >= 4 is 50.5 Å². The first-order chi connectivity index (χ1) is 8.04. The van der Waals surface area contributed by atoms with E-state index in [0.717, 1.165) is 15.7 Å². The Bertz CT molecular complexity index is 547. The number of amides is 1. The fourth-order valence-corrected chi connectivity index (χ4v) is 2.98. The largest absolute Gasteiger partial charge is 0.321 e. The number of rotatable bonds is 2. The van der Waals surface area contributed by atoms with Crippen molar-refractivity contribution in [2.24, 2.45) is 0 Å². The van der Waals surface area contributed by atoms with Gasteiger partial charge in [-0.15, -0.1) is 11.3 Å². The Morgan fingerprint density at radius 2 is 2.12 bits per heavy atom. The maximum atomic E-state index is 11.9. The van der Waals surface area contributed by atoms with Gasteiger partial charge in [-0.05, 0) is 42.8 Å². The number of carbonyl (C=O) groups is 1. The Labute approximate surface area is 117 Å². The van der Waals surface area contributed by atoms with Gasteiger partial charge >= 0.3 is 0 Å². The van der Waals surface area contributed by atoms with Gasteiger partial charge in [-0.25, -0.2) is 0 Å². The van der Waals surface area contributed by atoms with Crippen LogP contribution >= 0.6 is 38.9 Å². The molecule has 88 valence electrons. The van der Waals surface area contributed by atoms with Gasteiger partial charge in [0.15, 0.2) is 0 Å². The summed E-state index contributed by atoms with van der Waals surface area (Å²) in [4.78, 5) is 12.5. The minimum atomic E-state index is -0.139. The minimum Gasteiger partial charge on any atom is -0.321 e. The van der Waals surface area contributed by atoms with Crippen molar-refractivity contribution in [3.05, 3.63) is 49.6 Å². The summed E-state index contributed by atoms with van der Waals surface area (Å²) < 4.78 is 1.55. The molecule has 0 fully saturated rings. The van der Waals surface area contributed by atoms with Crippen LogP contribution in [0, 0.1) is 6.92 Å². The average molecular weight is 331 g/mol. The molecule has 2 nitrogen and oxygen atoms in total. The minimum absolute atomic E-state index is 0.139. The number of halogens is 2. The van der Waals surface area contributed by atoms with E-state index in [1.54, 1.807) is 12.1 Å². The number of aryl methyl sites for hydroxylation is 1.